The maximum atomic E-state index is 4.28. The van der Waals surface area contributed by atoms with Crippen molar-refractivity contribution in [2.24, 2.45) is 0 Å². The fourth-order valence-corrected chi connectivity index (χ4v) is 1.24. The summed E-state index contributed by atoms with van der Waals surface area (Å²) in [6.07, 6.45) is 3.01. The maximum absolute atomic E-state index is 4.28. The van der Waals surface area contributed by atoms with E-state index in [2.05, 4.69) is 29.2 Å². The Bertz CT molecular complexity index is 236. The number of nitrogens with zero attached hydrogens (tertiary/aromatic N) is 2. The van der Waals surface area contributed by atoms with Gasteiger partial charge in [-0.15, -0.1) is 0 Å². The molecule has 0 fully saturated rings. The molecule has 3 nitrogen and oxygen atoms in total. The second-order valence-corrected chi connectivity index (χ2v) is 3.36. The number of nitrogens with one attached hydrogen (secondary N) is 1. The molecular formula is C11H19N3. The number of aromatic nitrogens is 1. The van der Waals surface area contributed by atoms with E-state index in [1.54, 1.807) is 0 Å². The monoisotopic (exact) mass is 193 g/mol. The molecule has 78 valence electrons. The van der Waals surface area contributed by atoms with Gasteiger partial charge in [-0.3, -0.25) is 0 Å². The Labute approximate surface area is 86.2 Å². The minimum Gasteiger partial charge on any atom is -0.358 e. The average Bonchev–Trinajstić information content (AvgIpc) is 2.25. The van der Waals surface area contributed by atoms with Gasteiger partial charge in [0.1, 0.15) is 5.82 Å². The first kappa shape index (κ1) is 11.0. The van der Waals surface area contributed by atoms with Gasteiger partial charge >= 0.3 is 0 Å². The predicted octanol–water partition coefficient (Wildman–Crippen LogP) is 1.52. The van der Waals surface area contributed by atoms with Gasteiger partial charge in [0.15, 0.2) is 0 Å². The summed E-state index contributed by atoms with van der Waals surface area (Å²) in [5.41, 5.74) is 0. The van der Waals surface area contributed by atoms with Crippen LogP contribution in [0.5, 0.6) is 0 Å². The molecule has 0 aliphatic heterocycles. The van der Waals surface area contributed by atoms with E-state index in [9.17, 15) is 0 Å². The number of hydrogen-bond donors (Lipinski definition) is 1. The Morgan fingerprint density at radius 2 is 2.21 bits per heavy atom. The molecule has 14 heavy (non-hydrogen) atoms. The van der Waals surface area contributed by atoms with Crippen molar-refractivity contribution in [3.63, 3.8) is 0 Å². The molecule has 0 bridgehead atoms. The van der Waals surface area contributed by atoms with Crippen LogP contribution < -0.4 is 10.2 Å². The zero-order valence-electron chi connectivity index (χ0n) is 9.03. The molecular weight excluding hydrogens is 174 g/mol. The van der Waals surface area contributed by atoms with Crippen LogP contribution in [-0.2, 0) is 0 Å². The summed E-state index contributed by atoms with van der Waals surface area (Å²) in [5, 5.41) is 3.37. The summed E-state index contributed by atoms with van der Waals surface area (Å²) in [7, 11) is 2.07. The van der Waals surface area contributed by atoms with Crippen molar-refractivity contribution < 1.29 is 0 Å². The van der Waals surface area contributed by atoms with Crippen LogP contribution in [0.3, 0.4) is 0 Å². The van der Waals surface area contributed by atoms with Crippen LogP contribution in [0, 0.1) is 0 Å². The molecule has 0 radical (unpaired) electrons. The van der Waals surface area contributed by atoms with E-state index in [1.807, 2.05) is 24.4 Å². The number of pyridine rings is 1. The molecule has 1 aromatic heterocycles. The molecule has 3 heteroatoms. The Morgan fingerprint density at radius 1 is 1.36 bits per heavy atom. The summed E-state index contributed by atoms with van der Waals surface area (Å²) in [6.45, 7) is 5.28. The quantitative estimate of drug-likeness (QED) is 0.694. The second kappa shape index (κ2) is 6.38. The van der Waals surface area contributed by atoms with Gasteiger partial charge in [-0.1, -0.05) is 13.0 Å². The van der Waals surface area contributed by atoms with Crippen LogP contribution in [0.25, 0.3) is 0 Å². The first-order chi connectivity index (χ1) is 6.84. The lowest BCUT2D eigenvalue weighted by atomic mass is 10.4. The van der Waals surface area contributed by atoms with Crippen molar-refractivity contribution in [2.75, 3.05) is 31.6 Å². The van der Waals surface area contributed by atoms with Crippen LogP contribution in [-0.4, -0.2) is 31.7 Å². The van der Waals surface area contributed by atoms with E-state index in [-0.39, 0.29) is 0 Å². The number of hydrogen-bond acceptors (Lipinski definition) is 3. The number of likely N-dealkylation sites (N-methyl/N-ethyl adjacent to an activating group) is 1. The normalized spacial score (nSPS) is 10.1. The molecule has 1 rings (SSSR count). The van der Waals surface area contributed by atoms with Crippen molar-refractivity contribution in [3.8, 4) is 0 Å². The third kappa shape index (κ3) is 3.75. The van der Waals surface area contributed by atoms with E-state index in [0.29, 0.717) is 0 Å². The van der Waals surface area contributed by atoms with Crippen molar-refractivity contribution in [2.45, 2.75) is 13.3 Å². The molecule has 0 aliphatic rings. The summed E-state index contributed by atoms with van der Waals surface area (Å²) in [5.74, 6) is 1.03. The zero-order chi connectivity index (χ0) is 10.2. The predicted molar refractivity (Wildman–Crippen MR) is 60.7 cm³/mol. The van der Waals surface area contributed by atoms with Crippen LogP contribution >= 0.6 is 0 Å². The van der Waals surface area contributed by atoms with Crippen molar-refractivity contribution >= 4 is 5.82 Å². The maximum Gasteiger partial charge on any atom is 0.128 e. The lowest BCUT2D eigenvalue weighted by Gasteiger charge is -2.17. The van der Waals surface area contributed by atoms with E-state index in [0.717, 1.165) is 25.5 Å². The molecule has 0 aliphatic carbocycles. The van der Waals surface area contributed by atoms with E-state index < -0.39 is 0 Å². The van der Waals surface area contributed by atoms with Crippen LogP contribution in [0.4, 0.5) is 5.82 Å². The van der Waals surface area contributed by atoms with Gasteiger partial charge in [0.2, 0.25) is 0 Å². The van der Waals surface area contributed by atoms with Crippen LogP contribution in [0.2, 0.25) is 0 Å². The van der Waals surface area contributed by atoms with Gasteiger partial charge in [-0.25, -0.2) is 4.98 Å². The summed E-state index contributed by atoms with van der Waals surface area (Å²) in [4.78, 5) is 6.43. The molecule has 1 aromatic rings. The van der Waals surface area contributed by atoms with Crippen molar-refractivity contribution in [1.82, 2.24) is 10.3 Å². The van der Waals surface area contributed by atoms with Gasteiger partial charge in [-0.05, 0) is 25.1 Å². The van der Waals surface area contributed by atoms with Crippen molar-refractivity contribution in [3.05, 3.63) is 24.4 Å². The Morgan fingerprint density at radius 3 is 2.86 bits per heavy atom. The molecule has 0 aromatic carbocycles. The third-order valence-electron chi connectivity index (χ3n) is 2.09. The smallest absolute Gasteiger partial charge is 0.128 e. The summed E-state index contributed by atoms with van der Waals surface area (Å²) in [6, 6.07) is 5.98. The third-order valence-corrected chi connectivity index (χ3v) is 2.09. The first-order valence-corrected chi connectivity index (χ1v) is 5.17. The summed E-state index contributed by atoms with van der Waals surface area (Å²) >= 11 is 0. The fourth-order valence-electron chi connectivity index (χ4n) is 1.24. The van der Waals surface area contributed by atoms with Gasteiger partial charge in [0, 0.05) is 26.3 Å². The van der Waals surface area contributed by atoms with E-state index in [4.69, 9.17) is 0 Å². The number of rotatable bonds is 6. The first-order valence-electron chi connectivity index (χ1n) is 5.17. The largest absolute Gasteiger partial charge is 0.358 e. The number of anilines is 1. The molecule has 0 saturated carbocycles. The average molecular weight is 193 g/mol. The molecule has 0 amide bonds. The van der Waals surface area contributed by atoms with E-state index in [1.165, 1.54) is 6.42 Å². The molecule has 0 spiro atoms. The zero-order valence-corrected chi connectivity index (χ0v) is 9.03. The Hall–Kier alpha value is -1.09. The lowest BCUT2D eigenvalue weighted by Crippen LogP contribution is -2.29. The Balaban J connectivity index is 2.25. The standard InChI is InChI=1S/C11H19N3/c1-3-7-12-9-10-14(2)11-6-4-5-8-13-11/h4-6,8,12H,3,7,9-10H2,1-2H3. The topological polar surface area (TPSA) is 28.2 Å². The molecule has 1 N–H and O–H groups in total. The highest BCUT2D eigenvalue weighted by atomic mass is 15.2. The molecule has 0 atom stereocenters. The highest BCUT2D eigenvalue weighted by molar-refractivity contribution is 5.36. The van der Waals surface area contributed by atoms with Gasteiger partial charge < -0.3 is 10.2 Å². The molecule has 0 saturated heterocycles. The summed E-state index contributed by atoms with van der Waals surface area (Å²) < 4.78 is 0. The van der Waals surface area contributed by atoms with E-state index >= 15 is 0 Å². The van der Waals surface area contributed by atoms with Crippen LogP contribution in [0.15, 0.2) is 24.4 Å². The minimum absolute atomic E-state index is 0.997. The van der Waals surface area contributed by atoms with Gasteiger partial charge in [0.25, 0.3) is 0 Å². The van der Waals surface area contributed by atoms with Gasteiger partial charge in [0.05, 0.1) is 0 Å². The van der Waals surface area contributed by atoms with Crippen LogP contribution in [0.1, 0.15) is 13.3 Å². The fraction of sp³-hybridized carbons (Fsp3) is 0.545. The highest BCUT2D eigenvalue weighted by Crippen LogP contribution is 2.04. The minimum atomic E-state index is 0.997. The second-order valence-electron chi connectivity index (χ2n) is 3.36. The van der Waals surface area contributed by atoms with Gasteiger partial charge in [-0.2, -0.15) is 0 Å². The highest BCUT2D eigenvalue weighted by Gasteiger charge is 1.98. The SMILES string of the molecule is CCCNCCN(C)c1ccccn1. The lowest BCUT2D eigenvalue weighted by molar-refractivity contribution is 0.664. The molecule has 1 heterocycles. The molecule has 0 unspecified atom stereocenters. The van der Waals surface area contributed by atoms with Crippen molar-refractivity contribution in [1.29, 1.82) is 0 Å². The Kier molecular flexibility index (Phi) is 5.00.